The van der Waals surface area contributed by atoms with Crippen LogP contribution in [0.2, 0.25) is 0 Å². The monoisotopic (exact) mass is 347 g/mol. The van der Waals surface area contributed by atoms with Crippen LogP contribution in [0.4, 0.5) is 4.79 Å². The van der Waals surface area contributed by atoms with E-state index in [9.17, 15) is 9.59 Å². The number of hydrogen-bond acceptors (Lipinski definition) is 3. The van der Waals surface area contributed by atoms with Gasteiger partial charge in [0.25, 0.3) is 0 Å². The molecule has 0 aromatic heterocycles. The summed E-state index contributed by atoms with van der Waals surface area (Å²) in [5.74, 6) is -0.0734. The maximum Gasteiger partial charge on any atom is 0.315 e. The molecule has 0 unspecified atom stereocenters. The van der Waals surface area contributed by atoms with Gasteiger partial charge >= 0.3 is 6.03 Å². The van der Waals surface area contributed by atoms with Gasteiger partial charge in [0.05, 0.1) is 19.8 Å². The van der Waals surface area contributed by atoms with Crippen molar-refractivity contribution in [1.82, 2.24) is 15.5 Å². The first-order valence-electron chi connectivity index (χ1n) is 8.84. The van der Waals surface area contributed by atoms with Crippen LogP contribution in [0.5, 0.6) is 0 Å². The van der Waals surface area contributed by atoms with E-state index in [1.807, 2.05) is 25.1 Å². The van der Waals surface area contributed by atoms with Crippen molar-refractivity contribution in [3.8, 4) is 0 Å². The molecule has 1 atom stereocenters. The third kappa shape index (κ3) is 6.05. The van der Waals surface area contributed by atoms with Crippen LogP contribution < -0.4 is 10.6 Å². The van der Waals surface area contributed by atoms with E-state index in [1.54, 1.807) is 4.90 Å². The Morgan fingerprint density at radius 2 is 1.84 bits per heavy atom. The molecule has 0 bridgehead atoms. The molecule has 2 rings (SSSR count). The van der Waals surface area contributed by atoms with Crippen LogP contribution in [0.15, 0.2) is 30.3 Å². The lowest BCUT2D eigenvalue weighted by Gasteiger charge is -2.29. The van der Waals surface area contributed by atoms with Crippen LogP contribution in [-0.2, 0) is 14.9 Å². The van der Waals surface area contributed by atoms with Crippen molar-refractivity contribution in [2.24, 2.45) is 0 Å². The lowest BCUT2D eigenvalue weighted by Crippen LogP contribution is -2.49. The molecule has 3 amide bonds. The standard InChI is InChI=1S/C19H29N3O3/c1-15(13-19(2,3)16-7-5-4-6-8-16)21-18(24)20-14-17(23)22-9-11-25-12-10-22/h4-8,15H,9-14H2,1-3H3,(H2,20,21,24)/t15-/m0/s1. The van der Waals surface area contributed by atoms with E-state index in [0.717, 1.165) is 6.42 Å². The SMILES string of the molecule is C[C@@H](CC(C)(C)c1ccccc1)NC(=O)NCC(=O)N1CCOCC1. The van der Waals surface area contributed by atoms with E-state index in [4.69, 9.17) is 4.74 Å². The van der Waals surface area contributed by atoms with Crippen molar-refractivity contribution in [3.63, 3.8) is 0 Å². The van der Waals surface area contributed by atoms with Gasteiger partial charge in [-0.05, 0) is 24.3 Å². The fourth-order valence-electron chi connectivity index (χ4n) is 3.18. The van der Waals surface area contributed by atoms with E-state index in [0.29, 0.717) is 26.3 Å². The van der Waals surface area contributed by atoms with Gasteiger partial charge < -0.3 is 20.3 Å². The summed E-state index contributed by atoms with van der Waals surface area (Å²) >= 11 is 0. The first kappa shape index (κ1) is 19.2. The van der Waals surface area contributed by atoms with Crippen molar-refractivity contribution in [2.75, 3.05) is 32.8 Å². The zero-order chi connectivity index (χ0) is 18.3. The highest BCUT2D eigenvalue weighted by molar-refractivity contribution is 5.84. The number of hydrogen-bond donors (Lipinski definition) is 2. The quantitative estimate of drug-likeness (QED) is 0.826. The Morgan fingerprint density at radius 3 is 2.48 bits per heavy atom. The number of carbonyl (C=O) groups excluding carboxylic acids is 2. The van der Waals surface area contributed by atoms with Gasteiger partial charge in [0, 0.05) is 19.1 Å². The number of benzene rings is 1. The second-order valence-electron chi connectivity index (χ2n) is 7.18. The summed E-state index contributed by atoms with van der Waals surface area (Å²) in [6.07, 6.45) is 0.807. The molecule has 25 heavy (non-hydrogen) atoms. The summed E-state index contributed by atoms with van der Waals surface area (Å²) in [5, 5.41) is 5.57. The summed E-state index contributed by atoms with van der Waals surface area (Å²) in [5.41, 5.74) is 1.20. The number of ether oxygens (including phenoxy) is 1. The Labute approximate surface area is 149 Å². The summed E-state index contributed by atoms with van der Waals surface area (Å²) in [6.45, 7) is 8.62. The van der Waals surface area contributed by atoms with Crippen LogP contribution in [0.25, 0.3) is 0 Å². The van der Waals surface area contributed by atoms with Gasteiger partial charge in [0.2, 0.25) is 5.91 Å². The van der Waals surface area contributed by atoms with Gasteiger partial charge in [-0.25, -0.2) is 4.79 Å². The smallest absolute Gasteiger partial charge is 0.315 e. The van der Waals surface area contributed by atoms with E-state index in [-0.39, 0.29) is 29.9 Å². The van der Waals surface area contributed by atoms with E-state index in [2.05, 4.69) is 36.6 Å². The molecule has 0 saturated carbocycles. The molecule has 1 aromatic rings. The Balaban J connectivity index is 1.75. The van der Waals surface area contributed by atoms with Crippen LogP contribution in [0.1, 0.15) is 32.8 Å². The van der Waals surface area contributed by atoms with Crippen LogP contribution in [0, 0.1) is 0 Å². The molecule has 0 spiro atoms. The number of nitrogens with zero attached hydrogens (tertiary/aromatic N) is 1. The van der Waals surface area contributed by atoms with Crippen molar-refractivity contribution in [1.29, 1.82) is 0 Å². The summed E-state index contributed by atoms with van der Waals surface area (Å²) in [6, 6.07) is 9.95. The Kier molecular flexibility index (Phi) is 6.82. The molecule has 1 heterocycles. The Hall–Kier alpha value is -2.08. The summed E-state index contributed by atoms with van der Waals surface area (Å²) in [4.78, 5) is 25.8. The number of morpholine rings is 1. The topological polar surface area (TPSA) is 70.7 Å². The first-order valence-corrected chi connectivity index (χ1v) is 8.84. The Bertz CT molecular complexity index is 569. The van der Waals surface area contributed by atoms with Gasteiger partial charge in [-0.15, -0.1) is 0 Å². The van der Waals surface area contributed by atoms with E-state index >= 15 is 0 Å². The molecule has 6 heteroatoms. The summed E-state index contributed by atoms with van der Waals surface area (Å²) < 4.78 is 5.22. The summed E-state index contributed by atoms with van der Waals surface area (Å²) in [7, 11) is 0. The average molecular weight is 347 g/mol. The largest absolute Gasteiger partial charge is 0.378 e. The molecule has 1 saturated heterocycles. The van der Waals surface area contributed by atoms with Crippen LogP contribution in [-0.4, -0.2) is 55.7 Å². The maximum absolute atomic E-state index is 12.0. The predicted molar refractivity (Wildman–Crippen MR) is 97.5 cm³/mol. The number of carbonyl (C=O) groups is 2. The molecule has 2 N–H and O–H groups in total. The number of nitrogens with one attached hydrogen (secondary N) is 2. The van der Waals surface area contributed by atoms with Crippen molar-refractivity contribution < 1.29 is 14.3 Å². The molecule has 1 aliphatic heterocycles. The Morgan fingerprint density at radius 1 is 1.20 bits per heavy atom. The van der Waals surface area contributed by atoms with Crippen molar-refractivity contribution >= 4 is 11.9 Å². The molecule has 0 radical (unpaired) electrons. The number of urea groups is 1. The maximum atomic E-state index is 12.0. The molecule has 1 aliphatic rings. The molecule has 1 aromatic carbocycles. The zero-order valence-corrected chi connectivity index (χ0v) is 15.4. The van der Waals surface area contributed by atoms with Crippen molar-refractivity contribution in [2.45, 2.75) is 38.6 Å². The molecule has 1 fully saturated rings. The number of rotatable bonds is 6. The molecule has 138 valence electrons. The van der Waals surface area contributed by atoms with Gasteiger partial charge in [-0.3, -0.25) is 4.79 Å². The van der Waals surface area contributed by atoms with Gasteiger partial charge in [-0.1, -0.05) is 44.2 Å². The normalized spacial score (nSPS) is 16.2. The van der Waals surface area contributed by atoms with E-state index < -0.39 is 0 Å². The third-order valence-electron chi connectivity index (χ3n) is 4.51. The van der Waals surface area contributed by atoms with Crippen LogP contribution in [0.3, 0.4) is 0 Å². The fraction of sp³-hybridized carbons (Fsp3) is 0.579. The lowest BCUT2D eigenvalue weighted by molar-refractivity contribution is -0.134. The van der Waals surface area contributed by atoms with Gasteiger partial charge in [0.15, 0.2) is 0 Å². The van der Waals surface area contributed by atoms with Gasteiger partial charge in [-0.2, -0.15) is 0 Å². The van der Waals surface area contributed by atoms with E-state index in [1.165, 1.54) is 5.56 Å². The highest BCUT2D eigenvalue weighted by atomic mass is 16.5. The molecular formula is C19H29N3O3. The predicted octanol–water partition coefficient (Wildman–Crippen LogP) is 1.90. The minimum absolute atomic E-state index is 0.00584. The highest BCUT2D eigenvalue weighted by Gasteiger charge is 2.24. The molecule has 0 aliphatic carbocycles. The number of amides is 3. The van der Waals surface area contributed by atoms with Crippen LogP contribution >= 0.6 is 0 Å². The highest BCUT2D eigenvalue weighted by Crippen LogP contribution is 2.27. The second-order valence-corrected chi connectivity index (χ2v) is 7.18. The first-order chi connectivity index (χ1) is 11.9. The van der Waals surface area contributed by atoms with Crippen molar-refractivity contribution in [3.05, 3.63) is 35.9 Å². The lowest BCUT2D eigenvalue weighted by atomic mass is 9.79. The minimum Gasteiger partial charge on any atom is -0.378 e. The zero-order valence-electron chi connectivity index (χ0n) is 15.4. The molecule has 6 nitrogen and oxygen atoms in total. The second kappa shape index (κ2) is 8.85. The fourth-order valence-corrected chi connectivity index (χ4v) is 3.18. The van der Waals surface area contributed by atoms with Gasteiger partial charge in [0.1, 0.15) is 0 Å². The minimum atomic E-state index is -0.307. The third-order valence-corrected chi connectivity index (χ3v) is 4.51. The molecular weight excluding hydrogens is 318 g/mol. The average Bonchev–Trinajstić information content (AvgIpc) is 2.60.